The molecule has 0 aliphatic carbocycles. The molecule has 2 aliphatic rings. The molecule has 0 aromatic carbocycles. The Morgan fingerprint density at radius 3 is 2.68 bits per heavy atom. The van der Waals surface area contributed by atoms with Crippen LogP contribution in [0.25, 0.3) is 6.08 Å². The van der Waals surface area contributed by atoms with Gasteiger partial charge in [0.1, 0.15) is 22.7 Å². The zero-order valence-corrected chi connectivity index (χ0v) is 19.1. The quantitative estimate of drug-likeness (QED) is 0.682. The van der Waals surface area contributed by atoms with Crippen LogP contribution in [-0.4, -0.2) is 51.7 Å². The maximum absolute atomic E-state index is 12.8. The van der Waals surface area contributed by atoms with E-state index < -0.39 is 11.7 Å². The number of nitrogens with two attached hydrogens (primary N) is 2. The van der Waals surface area contributed by atoms with Crippen molar-refractivity contribution in [2.24, 2.45) is 11.5 Å². The molecule has 1 amide bonds. The Labute approximate surface area is 188 Å². The Hall–Kier alpha value is -2.87. The highest BCUT2D eigenvalue weighted by Gasteiger charge is 2.42. The van der Waals surface area contributed by atoms with E-state index in [-0.39, 0.29) is 23.1 Å². The predicted octanol–water partition coefficient (Wildman–Crippen LogP) is 3.27. The molecular weight excluding hydrogens is 418 g/mol. The second kappa shape index (κ2) is 8.70. The maximum Gasteiger partial charge on any atom is 0.416 e. The fourth-order valence-corrected chi connectivity index (χ4v) is 3.89. The van der Waals surface area contributed by atoms with Gasteiger partial charge >= 0.3 is 6.09 Å². The number of ether oxygens (including phenoxy) is 2. The van der Waals surface area contributed by atoms with Crippen LogP contribution < -0.4 is 16.2 Å². The molecule has 31 heavy (non-hydrogen) atoms. The molecule has 9 heteroatoms. The minimum atomic E-state index is -0.640. The first-order valence-electron chi connectivity index (χ1n) is 10.1. The van der Waals surface area contributed by atoms with Crippen LogP contribution in [0, 0.1) is 6.92 Å². The second-order valence-electron chi connectivity index (χ2n) is 8.76. The van der Waals surface area contributed by atoms with E-state index in [4.69, 9.17) is 32.5 Å². The van der Waals surface area contributed by atoms with E-state index >= 15 is 0 Å². The number of allylic oxidation sites excluding steroid dienone is 1. The first kappa shape index (κ1) is 22.8. The van der Waals surface area contributed by atoms with Crippen LogP contribution in [0.5, 0.6) is 5.88 Å². The van der Waals surface area contributed by atoms with Gasteiger partial charge in [0.2, 0.25) is 5.88 Å². The summed E-state index contributed by atoms with van der Waals surface area (Å²) in [5.74, 6) is 0.793. The molecule has 4 N–H and O–H groups in total. The fraction of sp³-hybridized carbons (Fsp3) is 0.455. The van der Waals surface area contributed by atoms with Gasteiger partial charge in [-0.05, 0) is 44.9 Å². The standard InChI is InChI=1S/C22H30ClN5O3/c1-6-14-10-26-19(7-13(14)2)30-16-8-15-11-28(21(29)31-22(3,4)5)20(25)17(9-18(23)24)27(15)12-16/h6-7,9-10,15-16H,1,8,11-12,24-25H2,2-5H3/b18-9-. The van der Waals surface area contributed by atoms with Crippen LogP contribution in [0.15, 0.2) is 41.6 Å². The third-order valence-corrected chi connectivity index (χ3v) is 5.26. The van der Waals surface area contributed by atoms with Gasteiger partial charge in [0.25, 0.3) is 0 Å². The number of aryl methyl sites for hydroxylation is 1. The van der Waals surface area contributed by atoms with E-state index in [0.717, 1.165) is 11.1 Å². The monoisotopic (exact) mass is 447 g/mol. The average Bonchev–Trinajstić information content (AvgIpc) is 3.04. The third kappa shape index (κ3) is 5.25. The molecule has 1 aromatic heterocycles. The van der Waals surface area contributed by atoms with Crippen molar-refractivity contribution in [3.05, 3.63) is 52.7 Å². The number of rotatable bonds is 4. The van der Waals surface area contributed by atoms with E-state index in [1.807, 2.05) is 33.8 Å². The minimum absolute atomic E-state index is 0.0272. The summed E-state index contributed by atoms with van der Waals surface area (Å²) in [6, 6.07) is 1.86. The zero-order chi connectivity index (χ0) is 22.9. The number of fused-ring (bicyclic) bond motifs is 1. The number of carbonyl (C=O) groups is 1. The van der Waals surface area contributed by atoms with Crippen molar-refractivity contribution in [2.75, 3.05) is 13.1 Å². The van der Waals surface area contributed by atoms with Gasteiger partial charge in [0.15, 0.2) is 0 Å². The van der Waals surface area contributed by atoms with Crippen molar-refractivity contribution in [3.8, 4) is 5.88 Å². The van der Waals surface area contributed by atoms with Crippen molar-refractivity contribution in [3.63, 3.8) is 0 Å². The van der Waals surface area contributed by atoms with Crippen LogP contribution >= 0.6 is 11.6 Å². The van der Waals surface area contributed by atoms with Gasteiger partial charge in [0.05, 0.1) is 24.8 Å². The lowest BCUT2D eigenvalue weighted by atomic mass is 10.1. The first-order chi connectivity index (χ1) is 14.5. The highest BCUT2D eigenvalue weighted by Crippen LogP contribution is 2.33. The summed E-state index contributed by atoms with van der Waals surface area (Å²) < 4.78 is 11.7. The van der Waals surface area contributed by atoms with Gasteiger partial charge in [-0.25, -0.2) is 9.78 Å². The highest BCUT2D eigenvalue weighted by molar-refractivity contribution is 6.29. The lowest BCUT2D eigenvalue weighted by molar-refractivity contribution is 0.0243. The molecule has 0 radical (unpaired) electrons. The van der Waals surface area contributed by atoms with Crippen LogP contribution in [0.3, 0.4) is 0 Å². The summed E-state index contributed by atoms with van der Waals surface area (Å²) >= 11 is 5.95. The van der Waals surface area contributed by atoms with Gasteiger partial charge in [-0.2, -0.15) is 0 Å². The molecule has 0 spiro atoms. The normalized spacial score (nSPS) is 21.8. The molecule has 168 valence electrons. The lowest BCUT2D eigenvalue weighted by Gasteiger charge is -2.39. The van der Waals surface area contributed by atoms with E-state index in [9.17, 15) is 4.79 Å². The molecule has 2 atom stereocenters. The summed E-state index contributed by atoms with van der Waals surface area (Å²) in [5, 5.41) is 0.0735. The Morgan fingerprint density at radius 2 is 2.10 bits per heavy atom. The molecule has 3 heterocycles. The molecule has 2 unspecified atom stereocenters. The number of halogens is 1. The van der Waals surface area contributed by atoms with Crippen molar-refractivity contribution in [1.82, 2.24) is 14.8 Å². The van der Waals surface area contributed by atoms with Crippen molar-refractivity contribution < 1.29 is 14.3 Å². The Morgan fingerprint density at radius 1 is 1.39 bits per heavy atom. The summed E-state index contributed by atoms with van der Waals surface area (Å²) in [7, 11) is 0. The van der Waals surface area contributed by atoms with Crippen LogP contribution in [0.2, 0.25) is 0 Å². The van der Waals surface area contributed by atoms with Crippen molar-refractivity contribution >= 4 is 23.8 Å². The van der Waals surface area contributed by atoms with Gasteiger partial charge in [-0.15, -0.1) is 0 Å². The van der Waals surface area contributed by atoms with Crippen LogP contribution in [0.4, 0.5) is 4.79 Å². The topological polar surface area (TPSA) is 107 Å². The predicted molar refractivity (Wildman–Crippen MR) is 121 cm³/mol. The Balaban J connectivity index is 1.83. The Kier molecular flexibility index (Phi) is 6.40. The van der Waals surface area contributed by atoms with Crippen molar-refractivity contribution in [2.45, 2.75) is 51.9 Å². The lowest BCUT2D eigenvalue weighted by Crippen LogP contribution is -2.51. The molecule has 8 nitrogen and oxygen atoms in total. The number of hydrogen-bond acceptors (Lipinski definition) is 7. The largest absolute Gasteiger partial charge is 0.472 e. The summed E-state index contributed by atoms with van der Waals surface area (Å²) in [6.45, 7) is 12.1. The molecule has 1 aromatic rings. The van der Waals surface area contributed by atoms with E-state index in [1.165, 1.54) is 4.90 Å². The third-order valence-electron chi connectivity index (χ3n) is 5.15. The number of nitrogens with zero attached hydrogens (tertiary/aromatic N) is 3. The summed E-state index contributed by atoms with van der Waals surface area (Å²) in [6.07, 6.45) is 5.09. The van der Waals surface area contributed by atoms with Gasteiger partial charge in [-0.3, -0.25) is 4.90 Å². The van der Waals surface area contributed by atoms with Crippen LogP contribution in [0.1, 0.15) is 38.3 Å². The highest BCUT2D eigenvalue weighted by atomic mass is 35.5. The smallest absolute Gasteiger partial charge is 0.416 e. The Bertz CT molecular complexity index is 934. The molecule has 0 saturated carbocycles. The van der Waals surface area contributed by atoms with E-state index in [1.54, 1.807) is 18.3 Å². The molecular formula is C22H30ClN5O3. The summed E-state index contributed by atoms with van der Waals surface area (Å²) in [5.41, 5.74) is 14.0. The zero-order valence-electron chi connectivity index (χ0n) is 18.4. The number of amides is 1. The molecule has 1 fully saturated rings. The average molecular weight is 448 g/mol. The summed E-state index contributed by atoms with van der Waals surface area (Å²) in [4.78, 5) is 20.6. The number of pyridine rings is 1. The minimum Gasteiger partial charge on any atom is -0.472 e. The number of carbonyl (C=O) groups excluding carboxylic acids is 1. The second-order valence-corrected chi connectivity index (χ2v) is 9.19. The first-order valence-corrected chi connectivity index (χ1v) is 10.5. The number of hydrogen-bond donors (Lipinski definition) is 2. The molecule has 2 aliphatic heterocycles. The molecule has 0 bridgehead atoms. The van der Waals surface area contributed by atoms with E-state index in [2.05, 4.69) is 16.5 Å². The van der Waals surface area contributed by atoms with E-state index in [0.29, 0.717) is 31.1 Å². The van der Waals surface area contributed by atoms with Gasteiger partial charge in [0, 0.05) is 18.7 Å². The van der Waals surface area contributed by atoms with Gasteiger partial charge < -0.3 is 25.8 Å². The maximum atomic E-state index is 12.8. The SMILES string of the molecule is C=Cc1cnc(OC2CC3CN(C(=O)OC(C)(C)C)C(N)=C(/C=C(\N)Cl)N3C2)cc1C. The fourth-order valence-electron chi connectivity index (χ4n) is 3.79. The van der Waals surface area contributed by atoms with Crippen molar-refractivity contribution in [1.29, 1.82) is 0 Å². The van der Waals surface area contributed by atoms with Gasteiger partial charge in [-0.1, -0.05) is 24.3 Å². The number of aromatic nitrogens is 1. The van der Waals surface area contributed by atoms with Crippen LogP contribution in [-0.2, 0) is 4.74 Å². The molecule has 1 saturated heterocycles. The molecule has 3 rings (SSSR count).